The lowest BCUT2D eigenvalue weighted by atomic mass is 10.1. The van der Waals surface area contributed by atoms with Crippen LogP contribution in [0.1, 0.15) is 18.4 Å². The van der Waals surface area contributed by atoms with Crippen LogP contribution in [0.2, 0.25) is 0 Å². The van der Waals surface area contributed by atoms with Crippen LogP contribution < -0.4 is 10.6 Å². The summed E-state index contributed by atoms with van der Waals surface area (Å²) < 4.78 is 13.8. The lowest BCUT2D eigenvalue weighted by Gasteiger charge is -2.19. The number of hydrogen-bond acceptors (Lipinski definition) is 1. The lowest BCUT2D eigenvalue weighted by molar-refractivity contribution is 0.584. The molecule has 3 aromatic rings. The molecular weight excluding hydrogens is 311 g/mol. The van der Waals surface area contributed by atoms with E-state index in [1.165, 1.54) is 5.56 Å². The summed E-state index contributed by atoms with van der Waals surface area (Å²) in [5, 5.41) is 1.94. The molecule has 0 aliphatic carbocycles. The van der Waals surface area contributed by atoms with Crippen LogP contribution in [0, 0.1) is 0 Å². The van der Waals surface area contributed by atoms with E-state index in [9.17, 15) is 4.57 Å². The van der Waals surface area contributed by atoms with Crippen molar-refractivity contribution in [3.8, 4) is 0 Å². The Hall–Kier alpha value is -2.11. The molecule has 0 saturated heterocycles. The zero-order chi connectivity index (χ0) is 16.7. The summed E-state index contributed by atoms with van der Waals surface area (Å²) in [5.41, 5.74) is 1.35. The van der Waals surface area contributed by atoms with Gasteiger partial charge in [0.05, 0.1) is 0 Å². The number of unbranched alkanes of at least 4 members (excludes halogenated alkanes) is 1. The maximum Gasteiger partial charge on any atom is 0.143 e. The quantitative estimate of drug-likeness (QED) is 0.438. The predicted molar refractivity (Wildman–Crippen MR) is 104 cm³/mol. The van der Waals surface area contributed by atoms with Gasteiger partial charge < -0.3 is 4.57 Å². The zero-order valence-corrected chi connectivity index (χ0v) is 14.7. The Bertz CT molecular complexity index is 738. The van der Waals surface area contributed by atoms with Crippen molar-refractivity contribution in [2.45, 2.75) is 19.3 Å². The van der Waals surface area contributed by atoms with Crippen molar-refractivity contribution in [3.63, 3.8) is 0 Å². The van der Waals surface area contributed by atoms with Crippen LogP contribution in [-0.4, -0.2) is 6.16 Å². The van der Waals surface area contributed by atoms with Crippen LogP contribution >= 0.6 is 7.14 Å². The molecule has 2 heteroatoms. The highest BCUT2D eigenvalue weighted by Gasteiger charge is 2.26. The van der Waals surface area contributed by atoms with Crippen LogP contribution in [0.4, 0.5) is 0 Å². The van der Waals surface area contributed by atoms with Crippen molar-refractivity contribution in [3.05, 3.63) is 96.6 Å². The number of aryl methyl sites for hydroxylation is 1. The van der Waals surface area contributed by atoms with Crippen molar-refractivity contribution in [2.75, 3.05) is 6.16 Å². The fourth-order valence-electron chi connectivity index (χ4n) is 3.05. The van der Waals surface area contributed by atoms with Gasteiger partial charge in [0.15, 0.2) is 0 Å². The van der Waals surface area contributed by atoms with E-state index in [2.05, 4.69) is 24.3 Å². The van der Waals surface area contributed by atoms with Crippen LogP contribution in [0.15, 0.2) is 91.0 Å². The van der Waals surface area contributed by atoms with E-state index in [0.29, 0.717) is 0 Å². The van der Waals surface area contributed by atoms with Crippen LogP contribution in [-0.2, 0) is 11.0 Å². The minimum absolute atomic E-state index is 0.730. The van der Waals surface area contributed by atoms with E-state index in [1.54, 1.807) is 0 Å². The molecule has 0 bridgehead atoms. The summed E-state index contributed by atoms with van der Waals surface area (Å²) in [6.07, 6.45) is 3.81. The molecule has 0 fully saturated rings. The van der Waals surface area contributed by atoms with E-state index in [0.717, 1.165) is 36.0 Å². The number of rotatable bonds is 7. The molecule has 24 heavy (non-hydrogen) atoms. The summed E-state index contributed by atoms with van der Waals surface area (Å²) in [7, 11) is -2.55. The first kappa shape index (κ1) is 16.7. The summed E-state index contributed by atoms with van der Waals surface area (Å²) in [4.78, 5) is 0. The van der Waals surface area contributed by atoms with E-state index < -0.39 is 7.14 Å². The Balaban J connectivity index is 1.73. The highest BCUT2D eigenvalue weighted by molar-refractivity contribution is 7.78. The molecule has 122 valence electrons. The SMILES string of the molecule is O=P(CCCCc1ccccc1)(c1ccccc1)c1ccccc1. The molecule has 0 aromatic heterocycles. The average molecular weight is 334 g/mol. The maximum atomic E-state index is 13.8. The third-order valence-corrected chi connectivity index (χ3v) is 7.59. The predicted octanol–water partition coefficient (Wildman–Crippen LogP) is 5.02. The molecule has 0 saturated carbocycles. The first-order chi connectivity index (χ1) is 11.8. The first-order valence-electron chi connectivity index (χ1n) is 8.53. The topological polar surface area (TPSA) is 17.1 Å². The van der Waals surface area contributed by atoms with Gasteiger partial charge in [-0.15, -0.1) is 0 Å². The van der Waals surface area contributed by atoms with Crippen LogP contribution in [0.3, 0.4) is 0 Å². The lowest BCUT2D eigenvalue weighted by Crippen LogP contribution is -2.18. The van der Waals surface area contributed by atoms with Crippen molar-refractivity contribution in [2.24, 2.45) is 0 Å². The smallest absolute Gasteiger partial charge is 0.143 e. The Morgan fingerprint density at radius 1 is 0.583 bits per heavy atom. The number of benzene rings is 3. The second kappa shape index (κ2) is 8.13. The van der Waals surface area contributed by atoms with Gasteiger partial charge >= 0.3 is 0 Å². The molecule has 0 atom stereocenters. The standard InChI is InChI=1S/C22H23OP/c23-24(21-15-6-2-7-16-21,22-17-8-3-9-18-22)19-11-10-14-20-12-4-1-5-13-20/h1-9,12-13,15-18H,10-11,14,19H2. The third kappa shape index (κ3) is 4.04. The summed E-state index contributed by atoms with van der Waals surface area (Å²) >= 11 is 0. The van der Waals surface area contributed by atoms with Crippen molar-refractivity contribution in [1.82, 2.24) is 0 Å². The summed E-state index contributed by atoms with van der Waals surface area (Å²) in [6, 6.07) is 30.4. The maximum absolute atomic E-state index is 13.8. The van der Waals surface area contributed by atoms with Crippen molar-refractivity contribution < 1.29 is 4.57 Å². The summed E-state index contributed by atoms with van der Waals surface area (Å²) in [6.45, 7) is 0. The Kier molecular flexibility index (Phi) is 5.67. The Labute approximate surface area is 144 Å². The molecule has 0 amide bonds. The molecule has 0 unspecified atom stereocenters. The fourth-order valence-corrected chi connectivity index (χ4v) is 5.84. The van der Waals surface area contributed by atoms with E-state index in [1.807, 2.05) is 66.7 Å². The molecule has 1 nitrogen and oxygen atoms in total. The second-order valence-electron chi connectivity index (χ2n) is 6.08. The van der Waals surface area contributed by atoms with Crippen molar-refractivity contribution >= 4 is 17.8 Å². The molecule has 0 radical (unpaired) electrons. The van der Waals surface area contributed by atoms with Gasteiger partial charge in [-0.3, -0.25) is 0 Å². The van der Waals surface area contributed by atoms with Gasteiger partial charge in [0.1, 0.15) is 7.14 Å². The van der Waals surface area contributed by atoms with Crippen LogP contribution in [0.25, 0.3) is 0 Å². The van der Waals surface area contributed by atoms with Gasteiger partial charge in [-0.1, -0.05) is 91.0 Å². The minimum atomic E-state index is -2.55. The fraction of sp³-hybridized carbons (Fsp3) is 0.182. The highest BCUT2D eigenvalue weighted by atomic mass is 31.2. The van der Waals surface area contributed by atoms with Gasteiger partial charge in [0.2, 0.25) is 0 Å². The normalized spacial score (nSPS) is 11.3. The Morgan fingerprint density at radius 2 is 1.04 bits per heavy atom. The van der Waals surface area contributed by atoms with Gasteiger partial charge in [0, 0.05) is 16.8 Å². The molecule has 0 spiro atoms. The van der Waals surface area contributed by atoms with E-state index in [-0.39, 0.29) is 0 Å². The molecule has 3 aromatic carbocycles. The monoisotopic (exact) mass is 334 g/mol. The molecule has 0 aliphatic heterocycles. The third-order valence-electron chi connectivity index (χ3n) is 4.38. The number of hydrogen-bond donors (Lipinski definition) is 0. The zero-order valence-electron chi connectivity index (χ0n) is 13.8. The van der Waals surface area contributed by atoms with Gasteiger partial charge in [-0.2, -0.15) is 0 Å². The van der Waals surface area contributed by atoms with Gasteiger partial charge in [0.25, 0.3) is 0 Å². The summed E-state index contributed by atoms with van der Waals surface area (Å²) in [5.74, 6) is 0. The van der Waals surface area contributed by atoms with E-state index >= 15 is 0 Å². The van der Waals surface area contributed by atoms with Crippen molar-refractivity contribution in [1.29, 1.82) is 0 Å². The Morgan fingerprint density at radius 3 is 1.54 bits per heavy atom. The molecule has 3 rings (SSSR count). The molecule has 0 aliphatic rings. The van der Waals surface area contributed by atoms with Gasteiger partial charge in [-0.05, 0) is 24.8 Å². The van der Waals surface area contributed by atoms with E-state index in [4.69, 9.17) is 0 Å². The second-order valence-corrected chi connectivity index (χ2v) is 9.04. The first-order valence-corrected chi connectivity index (χ1v) is 10.4. The molecule has 0 heterocycles. The largest absolute Gasteiger partial charge is 0.314 e. The van der Waals surface area contributed by atoms with Crippen LogP contribution in [0.5, 0.6) is 0 Å². The van der Waals surface area contributed by atoms with Gasteiger partial charge in [-0.25, -0.2) is 0 Å². The molecule has 0 N–H and O–H groups in total. The highest BCUT2D eigenvalue weighted by Crippen LogP contribution is 2.44. The average Bonchev–Trinajstić information content (AvgIpc) is 2.67. The molecular formula is C22H23OP. The minimum Gasteiger partial charge on any atom is -0.314 e.